The van der Waals surface area contributed by atoms with Crippen molar-refractivity contribution in [2.45, 2.75) is 31.8 Å². The normalized spacial score (nSPS) is 17.5. The van der Waals surface area contributed by atoms with Crippen LogP contribution in [0, 0.1) is 11.7 Å². The Morgan fingerprint density at radius 2 is 1.79 bits per heavy atom. The maximum Gasteiger partial charge on any atom is 0.225 e. The van der Waals surface area contributed by atoms with Gasteiger partial charge in [-0.05, 0) is 48.7 Å². The standard InChI is InChI=1S/C24H23FN2O2/c25-22-14-18-2-1-11-26-23(18)15-21(22)16-5-7-19(8-6-16)29-20-9-12-27(13-10-20)24(28)17-3-4-17/h1-2,5-8,11,14-15,17,20H,3-4,9-10,12-13H2. The summed E-state index contributed by atoms with van der Waals surface area (Å²) in [5, 5.41) is 0.792. The largest absolute Gasteiger partial charge is 0.490 e. The van der Waals surface area contributed by atoms with Gasteiger partial charge in [-0.25, -0.2) is 4.39 Å². The molecule has 1 aliphatic heterocycles. The fourth-order valence-corrected chi connectivity index (χ4v) is 4.00. The zero-order chi connectivity index (χ0) is 19.8. The number of nitrogens with zero attached hydrogens (tertiary/aromatic N) is 2. The quantitative estimate of drug-likeness (QED) is 0.641. The summed E-state index contributed by atoms with van der Waals surface area (Å²) in [6.45, 7) is 1.54. The molecule has 29 heavy (non-hydrogen) atoms. The number of carbonyl (C=O) groups excluding carboxylic acids is 1. The van der Waals surface area contributed by atoms with E-state index in [9.17, 15) is 9.18 Å². The van der Waals surface area contributed by atoms with E-state index in [1.165, 1.54) is 6.07 Å². The predicted octanol–water partition coefficient (Wildman–Crippen LogP) is 4.82. The highest BCUT2D eigenvalue weighted by Gasteiger charge is 2.35. The maximum absolute atomic E-state index is 14.6. The first-order valence-electron chi connectivity index (χ1n) is 10.3. The molecule has 1 aromatic heterocycles. The summed E-state index contributed by atoms with van der Waals surface area (Å²) in [6, 6.07) is 14.5. The minimum Gasteiger partial charge on any atom is -0.490 e. The van der Waals surface area contributed by atoms with E-state index in [1.54, 1.807) is 18.3 Å². The van der Waals surface area contributed by atoms with Crippen molar-refractivity contribution >= 4 is 16.8 Å². The molecule has 0 atom stereocenters. The van der Waals surface area contributed by atoms with Crippen LogP contribution in [0.2, 0.25) is 0 Å². The molecule has 4 nitrogen and oxygen atoms in total. The monoisotopic (exact) mass is 390 g/mol. The van der Waals surface area contributed by atoms with E-state index in [0.717, 1.165) is 61.0 Å². The van der Waals surface area contributed by atoms with Gasteiger partial charge in [0.1, 0.15) is 17.7 Å². The second-order valence-electron chi connectivity index (χ2n) is 7.97. The molecule has 2 aliphatic rings. The van der Waals surface area contributed by atoms with Crippen molar-refractivity contribution in [1.82, 2.24) is 9.88 Å². The summed E-state index contributed by atoms with van der Waals surface area (Å²) in [6.07, 6.45) is 5.64. The van der Waals surface area contributed by atoms with E-state index in [-0.39, 0.29) is 17.8 Å². The first kappa shape index (κ1) is 18.1. The van der Waals surface area contributed by atoms with Crippen molar-refractivity contribution < 1.29 is 13.9 Å². The van der Waals surface area contributed by atoms with E-state index in [4.69, 9.17) is 4.74 Å². The Bertz CT molecular complexity index is 1040. The van der Waals surface area contributed by atoms with Crippen LogP contribution in [0.4, 0.5) is 4.39 Å². The number of rotatable bonds is 4. The Morgan fingerprint density at radius 3 is 2.52 bits per heavy atom. The van der Waals surface area contributed by atoms with Gasteiger partial charge in [-0.1, -0.05) is 18.2 Å². The highest BCUT2D eigenvalue weighted by molar-refractivity contribution is 5.84. The summed E-state index contributed by atoms with van der Waals surface area (Å²) in [7, 11) is 0. The smallest absolute Gasteiger partial charge is 0.225 e. The molecule has 0 spiro atoms. The first-order chi connectivity index (χ1) is 14.2. The summed E-state index contributed by atoms with van der Waals surface area (Å²) in [4.78, 5) is 18.5. The fraction of sp³-hybridized carbons (Fsp3) is 0.333. The summed E-state index contributed by atoms with van der Waals surface area (Å²) >= 11 is 0. The number of aromatic nitrogens is 1. The Labute approximate surface area is 169 Å². The lowest BCUT2D eigenvalue weighted by Gasteiger charge is -2.32. The van der Waals surface area contributed by atoms with Crippen molar-refractivity contribution in [1.29, 1.82) is 0 Å². The lowest BCUT2D eigenvalue weighted by molar-refractivity contribution is -0.134. The van der Waals surface area contributed by atoms with Crippen molar-refractivity contribution in [3.8, 4) is 16.9 Å². The summed E-state index contributed by atoms with van der Waals surface area (Å²) in [5.74, 6) is 1.12. The molecular formula is C24H23FN2O2. The number of carbonyl (C=O) groups is 1. The molecule has 0 bridgehead atoms. The Kier molecular flexibility index (Phi) is 4.66. The number of ether oxygens (including phenoxy) is 1. The molecule has 1 aliphatic carbocycles. The average Bonchev–Trinajstić information content (AvgIpc) is 3.59. The number of pyridine rings is 1. The number of fused-ring (bicyclic) bond motifs is 1. The third-order valence-corrected chi connectivity index (χ3v) is 5.84. The van der Waals surface area contributed by atoms with Gasteiger partial charge in [0.05, 0.1) is 5.52 Å². The lowest BCUT2D eigenvalue weighted by atomic mass is 10.0. The molecule has 2 fully saturated rings. The molecule has 5 rings (SSSR count). The van der Waals surface area contributed by atoms with E-state index in [2.05, 4.69) is 4.98 Å². The van der Waals surface area contributed by atoms with Crippen molar-refractivity contribution in [3.63, 3.8) is 0 Å². The second kappa shape index (κ2) is 7.47. The average molecular weight is 390 g/mol. The number of piperidine rings is 1. The number of amides is 1. The van der Waals surface area contributed by atoms with Gasteiger partial charge < -0.3 is 9.64 Å². The minimum atomic E-state index is -0.258. The van der Waals surface area contributed by atoms with E-state index < -0.39 is 0 Å². The number of likely N-dealkylation sites (tertiary alicyclic amines) is 1. The van der Waals surface area contributed by atoms with Crippen LogP contribution >= 0.6 is 0 Å². The number of benzene rings is 2. The van der Waals surface area contributed by atoms with Crippen molar-refractivity contribution in [3.05, 3.63) is 60.5 Å². The number of halogens is 1. The molecule has 1 saturated carbocycles. The van der Waals surface area contributed by atoms with Gasteiger partial charge in [0.15, 0.2) is 0 Å². The molecule has 148 valence electrons. The van der Waals surface area contributed by atoms with E-state index >= 15 is 0 Å². The summed E-state index contributed by atoms with van der Waals surface area (Å²) < 4.78 is 20.7. The third kappa shape index (κ3) is 3.82. The molecule has 1 amide bonds. The fourth-order valence-electron chi connectivity index (χ4n) is 4.00. The maximum atomic E-state index is 14.6. The zero-order valence-electron chi connectivity index (χ0n) is 16.2. The Balaban J connectivity index is 1.25. The topological polar surface area (TPSA) is 42.4 Å². The van der Waals surface area contributed by atoms with E-state index in [0.29, 0.717) is 11.5 Å². The second-order valence-corrected chi connectivity index (χ2v) is 7.97. The molecule has 0 unspecified atom stereocenters. The van der Waals surface area contributed by atoms with Gasteiger partial charge in [0.2, 0.25) is 5.91 Å². The van der Waals surface area contributed by atoms with E-state index in [1.807, 2.05) is 35.2 Å². The number of hydrogen-bond acceptors (Lipinski definition) is 3. The highest BCUT2D eigenvalue weighted by Crippen LogP contribution is 2.33. The molecule has 1 saturated heterocycles. The van der Waals surface area contributed by atoms with Crippen LogP contribution in [0.1, 0.15) is 25.7 Å². The van der Waals surface area contributed by atoms with Crippen LogP contribution in [0.25, 0.3) is 22.0 Å². The zero-order valence-corrected chi connectivity index (χ0v) is 16.2. The van der Waals surface area contributed by atoms with Gasteiger partial charge in [0, 0.05) is 49.0 Å². The van der Waals surface area contributed by atoms with Crippen LogP contribution in [0.15, 0.2) is 54.7 Å². The number of hydrogen-bond donors (Lipinski definition) is 0. The first-order valence-corrected chi connectivity index (χ1v) is 10.3. The van der Waals surface area contributed by atoms with Crippen LogP contribution in [-0.2, 0) is 4.79 Å². The van der Waals surface area contributed by atoms with Gasteiger partial charge in [-0.15, -0.1) is 0 Å². The molecule has 0 N–H and O–H groups in total. The van der Waals surface area contributed by atoms with Crippen LogP contribution in [-0.4, -0.2) is 35.0 Å². The Hall–Kier alpha value is -2.95. The SMILES string of the molecule is O=C(C1CC1)N1CCC(Oc2ccc(-c3cc4ncccc4cc3F)cc2)CC1. The van der Waals surface area contributed by atoms with Crippen LogP contribution < -0.4 is 4.74 Å². The molecule has 0 radical (unpaired) electrons. The van der Waals surface area contributed by atoms with Crippen molar-refractivity contribution in [2.75, 3.05) is 13.1 Å². The van der Waals surface area contributed by atoms with Gasteiger partial charge in [0.25, 0.3) is 0 Å². The predicted molar refractivity (Wildman–Crippen MR) is 110 cm³/mol. The van der Waals surface area contributed by atoms with Gasteiger partial charge >= 0.3 is 0 Å². The molecule has 3 aromatic rings. The lowest BCUT2D eigenvalue weighted by Crippen LogP contribution is -2.42. The van der Waals surface area contributed by atoms with Crippen molar-refractivity contribution in [2.24, 2.45) is 5.92 Å². The highest BCUT2D eigenvalue weighted by atomic mass is 19.1. The van der Waals surface area contributed by atoms with Crippen LogP contribution in [0.3, 0.4) is 0 Å². The van der Waals surface area contributed by atoms with Crippen LogP contribution in [0.5, 0.6) is 5.75 Å². The molecule has 5 heteroatoms. The summed E-state index contributed by atoms with van der Waals surface area (Å²) in [5.41, 5.74) is 2.11. The van der Waals surface area contributed by atoms with Gasteiger partial charge in [-0.3, -0.25) is 9.78 Å². The molecular weight excluding hydrogens is 367 g/mol. The molecule has 2 aromatic carbocycles. The van der Waals surface area contributed by atoms with Gasteiger partial charge in [-0.2, -0.15) is 0 Å². The minimum absolute atomic E-state index is 0.116. The molecule has 2 heterocycles. The third-order valence-electron chi connectivity index (χ3n) is 5.84. The Morgan fingerprint density at radius 1 is 1.03 bits per heavy atom.